The van der Waals surface area contributed by atoms with Gasteiger partial charge in [0.15, 0.2) is 0 Å². The van der Waals surface area contributed by atoms with Gasteiger partial charge in [-0.25, -0.2) is 4.79 Å². The number of carbonyl (C=O) groups is 3. The van der Waals surface area contributed by atoms with Crippen LogP contribution in [0.25, 0.3) is 0 Å². The number of piperidine rings is 1. The summed E-state index contributed by atoms with van der Waals surface area (Å²) >= 11 is 1.80. The van der Waals surface area contributed by atoms with Crippen molar-refractivity contribution in [3.05, 3.63) is 0 Å². The molecule has 0 saturated carbocycles. The normalized spacial score (nSPS) is 28.1. The molecule has 1 spiro atoms. The smallest absolute Gasteiger partial charge is 0.325 e. The van der Waals surface area contributed by atoms with E-state index in [1.165, 1.54) is 0 Å². The van der Waals surface area contributed by atoms with Crippen molar-refractivity contribution in [2.45, 2.75) is 38.1 Å². The maximum absolute atomic E-state index is 12.6. The van der Waals surface area contributed by atoms with E-state index < -0.39 is 11.6 Å². The molecule has 22 heavy (non-hydrogen) atoms. The first-order chi connectivity index (χ1) is 10.5. The third-order valence-electron chi connectivity index (χ3n) is 4.90. The molecule has 3 aliphatic heterocycles. The fourth-order valence-electron chi connectivity index (χ4n) is 3.53. The number of likely N-dealkylation sites (tertiary alicyclic amines) is 1. The SMILES string of the molecule is C[C@H]1CCCN(C(=O)CN2C(=O)NC3(CCSCC3)C2=O)C1. The molecule has 0 aliphatic carbocycles. The Bertz CT molecular complexity index is 490. The average molecular weight is 325 g/mol. The van der Waals surface area contributed by atoms with Crippen molar-refractivity contribution in [3.8, 4) is 0 Å². The van der Waals surface area contributed by atoms with E-state index in [1.807, 2.05) is 0 Å². The van der Waals surface area contributed by atoms with Gasteiger partial charge in [0.25, 0.3) is 5.91 Å². The van der Waals surface area contributed by atoms with Crippen molar-refractivity contribution in [2.24, 2.45) is 5.92 Å². The highest BCUT2D eigenvalue weighted by Crippen LogP contribution is 2.32. The summed E-state index contributed by atoms with van der Waals surface area (Å²) in [6.45, 7) is 3.47. The Morgan fingerprint density at radius 1 is 1.36 bits per heavy atom. The molecule has 4 amide bonds. The van der Waals surface area contributed by atoms with Crippen LogP contribution in [0.4, 0.5) is 4.79 Å². The van der Waals surface area contributed by atoms with Crippen LogP contribution in [-0.2, 0) is 9.59 Å². The van der Waals surface area contributed by atoms with Crippen LogP contribution in [0.15, 0.2) is 0 Å². The molecule has 3 fully saturated rings. The topological polar surface area (TPSA) is 69.7 Å². The van der Waals surface area contributed by atoms with E-state index in [2.05, 4.69) is 12.2 Å². The van der Waals surface area contributed by atoms with E-state index in [0.29, 0.717) is 18.8 Å². The molecule has 0 aromatic heterocycles. The second-order valence-electron chi connectivity index (χ2n) is 6.60. The van der Waals surface area contributed by atoms with Crippen LogP contribution in [0.1, 0.15) is 32.6 Å². The van der Waals surface area contributed by atoms with E-state index in [0.717, 1.165) is 42.3 Å². The highest BCUT2D eigenvalue weighted by molar-refractivity contribution is 7.99. The van der Waals surface area contributed by atoms with E-state index in [9.17, 15) is 14.4 Å². The zero-order chi connectivity index (χ0) is 15.7. The number of amides is 4. The minimum atomic E-state index is -0.752. The van der Waals surface area contributed by atoms with Gasteiger partial charge in [0, 0.05) is 13.1 Å². The molecule has 3 rings (SSSR count). The lowest BCUT2D eigenvalue weighted by molar-refractivity contribution is -0.140. The predicted octanol–water partition coefficient (Wildman–Crippen LogP) is 1.06. The Morgan fingerprint density at radius 2 is 2.09 bits per heavy atom. The van der Waals surface area contributed by atoms with Crippen molar-refractivity contribution >= 4 is 29.6 Å². The van der Waals surface area contributed by atoms with Crippen LogP contribution in [0.2, 0.25) is 0 Å². The molecule has 0 bridgehead atoms. The van der Waals surface area contributed by atoms with Crippen molar-refractivity contribution in [3.63, 3.8) is 0 Å². The second-order valence-corrected chi connectivity index (χ2v) is 7.83. The van der Waals surface area contributed by atoms with Gasteiger partial charge < -0.3 is 10.2 Å². The third-order valence-corrected chi connectivity index (χ3v) is 5.88. The highest BCUT2D eigenvalue weighted by Gasteiger charge is 2.52. The minimum absolute atomic E-state index is 0.114. The first-order valence-electron chi connectivity index (χ1n) is 8.01. The Morgan fingerprint density at radius 3 is 2.77 bits per heavy atom. The van der Waals surface area contributed by atoms with Gasteiger partial charge in [0.05, 0.1) is 0 Å². The first-order valence-corrected chi connectivity index (χ1v) is 9.17. The Kier molecular flexibility index (Phi) is 4.34. The number of carbonyl (C=O) groups excluding carboxylic acids is 3. The molecule has 7 heteroatoms. The summed E-state index contributed by atoms with van der Waals surface area (Å²) < 4.78 is 0. The summed E-state index contributed by atoms with van der Waals surface area (Å²) in [7, 11) is 0. The van der Waals surface area contributed by atoms with Gasteiger partial charge in [-0.3, -0.25) is 14.5 Å². The molecule has 0 unspecified atom stereocenters. The van der Waals surface area contributed by atoms with Crippen molar-refractivity contribution in [2.75, 3.05) is 31.1 Å². The molecule has 122 valence electrons. The number of hydrogen-bond donors (Lipinski definition) is 1. The fraction of sp³-hybridized carbons (Fsp3) is 0.800. The number of hydrogen-bond acceptors (Lipinski definition) is 4. The lowest BCUT2D eigenvalue weighted by Crippen LogP contribution is -2.50. The van der Waals surface area contributed by atoms with Crippen LogP contribution in [0.5, 0.6) is 0 Å². The van der Waals surface area contributed by atoms with E-state index >= 15 is 0 Å². The van der Waals surface area contributed by atoms with Gasteiger partial charge in [-0.05, 0) is 43.1 Å². The molecule has 6 nitrogen and oxygen atoms in total. The number of imide groups is 1. The molecule has 0 radical (unpaired) electrons. The maximum atomic E-state index is 12.6. The van der Waals surface area contributed by atoms with Gasteiger partial charge in [-0.15, -0.1) is 0 Å². The molecule has 0 aromatic carbocycles. The van der Waals surface area contributed by atoms with Gasteiger partial charge >= 0.3 is 6.03 Å². The minimum Gasteiger partial charge on any atom is -0.341 e. The monoisotopic (exact) mass is 325 g/mol. The molecule has 1 atom stereocenters. The molecule has 1 N–H and O–H groups in total. The molecule has 3 aliphatic rings. The van der Waals surface area contributed by atoms with Crippen LogP contribution >= 0.6 is 11.8 Å². The highest BCUT2D eigenvalue weighted by atomic mass is 32.2. The average Bonchev–Trinajstić information content (AvgIpc) is 2.72. The van der Waals surface area contributed by atoms with Crippen LogP contribution in [0, 0.1) is 5.92 Å². The summed E-state index contributed by atoms with van der Waals surface area (Å²) in [5.41, 5.74) is -0.752. The number of nitrogens with one attached hydrogen (secondary N) is 1. The Labute approximate surface area is 135 Å². The largest absolute Gasteiger partial charge is 0.341 e. The van der Waals surface area contributed by atoms with Crippen molar-refractivity contribution in [1.82, 2.24) is 15.1 Å². The summed E-state index contributed by atoms with van der Waals surface area (Å²) in [6, 6.07) is -0.407. The van der Waals surface area contributed by atoms with Crippen LogP contribution < -0.4 is 5.32 Å². The molecular formula is C15H23N3O3S. The van der Waals surface area contributed by atoms with E-state index in [1.54, 1.807) is 16.7 Å². The Hall–Kier alpha value is -1.24. The predicted molar refractivity (Wildman–Crippen MR) is 84.5 cm³/mol. The molecule has 3 heterocycles. The van der Waals surface area contributed by atoms with E-state index in [-0.39, 0.29) is 18.4 Å². The number of thioether (sulfide) groups is 1. The van der Waals surface area contributed by atoms with Gasteiger partial charge in [0.1, 0.15) is 12.1 Å². The first kappa shape index (κ1) is 15.6. The summed E-state index contributed by atoms with van der Waals surface area (Å²) in [6.07, 6.45) is 3.45. The molecule has 0 aromatic rings. The van der Waals surface area contributed by atoms with Crippen molar-refractivity contribution in [1.29, 1.82) is 0 Å². The van der Waals surface area contributed by atoms with Gasteiger partial charge in [-0.1, -0.05) is 6.92 Å². The number of urea groups is 1. The van der Waals surface area contributed by atoms with Crippen LogP contribution in [-0.4, -0.2) is 64.3 Å². The number of nitrogens with zero attached hydrogens (tertiary/aromatic N) is 2. The lowest BCUT2D eigenvalue weighted by Gasteiger charge is -2.32. The fourth-order valence-corrected chi connectivity index (χ4v) is 4.72. The lowest BCUT2D eigenvalue weighted by atomic mass is 9.92. The van der Waals surface area contributed by atoms with Gasteiger partial charge in [0.2, 0.25) is 5.91 Å². The second kappa shape index (κ2) is 6.10. The molecule has 3 saturated heterocycles. The zero-order valence-corrected chi connectivity index (χ0v) is 13.8. The van der Waals surface area contributed by atoms with Gasteiger partial charge in [-0.2, -0.15) is 11.8 Å². The van der Waals surface area contributed by atoms with Crippen LogP contribution in [0.3, 0.4) is 0 Å². The zero-order valence-electron chi connectivity index (χ0n) is 13.0. The van der Waals surface area contributed by atoms with E-state index in [4.69, 9.17) is 0 Å². The maximum Gasteiger partial charge on any atom is 0.325 e. The standard InChI is InChI=1S/C15H23N3O3S/c1-11-3-2-6-17(9-11)12(19)10-18-13(20)15(16-14(18)21)4-7-22-8-5-15/h11H,2-10H2,1H3,(H,16,21)/t11-/m0/s1. The third kappa shape index (κ3) is 2.83. The summed E-state index contributed by atoms with van der Waals surface area (Å²) in [5.74, 6) is 1.91. The summed E-state index contributed by atoms with van der Waals surface area (Å²) in [5, 5.41) is 2.84. The summed E-state index contributed by atoms with van der Waals surface area (Å²) in [4.78, 5) is 40.1. The number of rotatable bonds is 2. The Balaban J connectivity index is 1.65. The quantitative estimate of drug-likeness (QED) is 0.771. The molecular weight excluding hydrogens is 302 g/mol. The van der Waals surface area contributed by atoms with Crippen molar-refractivity contribution < 1.29 is 14.4 Å².